The van der Waals surface area contributed by atoms with E-state index in [0.29, 0.717) is 19.5 Å². The summed E-state index contributed by atoms with van der Waals surface area (Å²) in [4.78, 5) is 16.3. The molecule has 0 bridgehead atoms. The summed E-state index contributed by atoms with van der Waals surface area (Å²) < 4.78 is 24.1. The molecule has 0 aliphatic carbocycles. The van der Waals surface area contributed by atoms with Crippen molar-refractivity contribution in [2.45, 2.75) is 25.4 Å². The van der Waals surface area contributed by atoms with Crippen LogP contribution in [0.4, 0.5) is 0 Å². The zero-order valence-electron chi connectivity index (χ0n) is 17.2. The van der Waals surface area contributed by atoms with Gasteiger partial charge in [-0.05, 0) is 29.2 Å². The molecule has 0 radical (unpaired) electrons. The molecule has 4 rings (SSSR count). The number of hydrogen-bond acceptors (Lipinski definition) is 3. The van der Waals surface area contributed by atoms with Crippen LogP contribution in [0.3, 0.4) is 0 Å². The highest BCUT2D eigenvalue weighted by atomic mass is 32.2. The minimum atomic E-state index is -3.05. The number of rotatable bonds is 6. The second-order valence-electron chi connectivity index (χ2n) is 8.29. The van der Waals surface area contributed by atoms with Gasteiger partial charge in [-0.2, -0.15) is 0 Å². The lowest BCUT2D eigenvalue weighted by Gasteiger charge is -2.31. The Morgan fingerprint density at radius 3 is 2.33 bits per heavy atom. The molecule has 1 unspecified atom stereocenters. The highest BCUT2D eigenvalue weighted by Gasteiger charge is 2.36. The number of carbonyl (C=O) groups excluding carboxylic acids is 1. The van der Waals surface area contributed by atoms with Crippen molar-refractivity contribution in [3.05, 3.63) is 77.9 Å². The van der Waals surface area contributed by atoms with Crippen LogP contribution in [-0.2, 0) is 21.2 Å². The molecule has 6 heteroatoms. The highest BCUT2D eigenvalue weighted by molar-refractivity contribution is 7.91. The van der Waals surface area contributed by atoms with Crippen LogP contribution in [0, 0.1) is 0 Å². The number of benzene rings is 2. The quantitative estimate of drug-likeness (QED) is 0.765. The van der Waals surface area contributed by atoms with E-state index in [4.69, 9.17) is 0 Å². The maximum atomic E-state index is 13.3. The van der Waals surface area contributed by atoms with Crippen molar-refractivity contribution in [1.82, 2.24) is 4.90 Å². The average Bonchev–Trinajstić information content (AvgIpc) is 3.13. The minimum absolute atomic E-state index is 0.0486. The summed E-state index contributed by atoms with van der Waals surface area (Å²) in [6.45, 7) is 2.60. The first-order valence-corrected chi connectivity index (χ1v) is 12.4. The lowest BCUT2D eigenvalue weighted by Crippen LogP contribution is -3.13. The first-order chi connectivity index (χ1) is 14.5. The maximum Gasteiger partial charge on any atom is 0.278 e. The van der Waals surface area contributed by atoms with Crippen molar-refractivity contribution < 1.29 is 18.1 Å². The molecule has 158 valence electrons. The van der Waals surface area contributed by atoms with Gasteiger partial charge in [-0.3, -0.25) is 4.79 Å². The van der Waals surface area contributed by atoms with Crippen LogP contribution < -0.4 is 4.90 Å². The number of quaternary nitrogens is 1. The average molecular weight is 426 g/mol. The van der Waals surface area contributed by atoms with Crippen molar-refractivity contribution in [3.63, 3.8) is 0 Å². The van der Waals surface area contributed by atoms with E-state index < -0.39 is 9.84 Å². The molecule has 0 aromatic heterocycles. The smallest absolute Gasteiger partial charge is 0.278 e. The van der Waals surface area contributed by atoms with Crippen LogP contribution in [0.1, 0.15) is 24.0 Å². The number of amides is 1. The molecular formula is C24H29N2O3S+. The number of nitrogens with zero attached hydrogens (tertiary/aromatic N) is 1. The van der Waals surface area contributed by atoms with Crippen molar-refractivity contribution in [2.24, 2.45) is 0 Å². The third kappa shape index (κ3) is 5.18. The van der Waals surface area contributed by atoms with Gasteiger partial charge in [0.25, 0.3) is 5.91 Å². The van der Waals surface area contributed by atoms with E-state index in [1.54, 1.807) is 0 Å². The Hall–Kier alpha value is -2.44. The topological polar surface area (TPSA) is 58.9 Å². The zero-order chi connectivity index (χ0) is 21.0. The monoisotopic (exact) mass is 425 g/mol. The molecule has 1 saturated heterocycles. The molecule has 2 heterocycles. The van der Waals surface area contributed by atoms with Crippen molar-refractivity contribution in [1.29, 1.82) is 0 Å². The highest BCUT2D eigenvalue weighted by Crippen LogP contribution is 2.21. The standard InChI is InChI=1S/C24H28N2O3S/c27-24(18-25-14-11-22(12-15-25)21-9-5-2-6-10-21)26(17-20-7-3-1-4-8-20)23-13-16-30(28,29)19-23/h1-11,23H,12-19H2/p+1/t23-/m0/s1. The van der Waals surface area contributed by atoms with Crippen molar-refractivity contribution in [2.75, 3.05) is 31.1 Å². The minimum Gasteiger partial charge on any atom is -0.329 e. The summed E-state index contributed by atoms with van der Waals surface area (Å²) in [6.07, 6.45) is 3.72. The Bertz CT molecular complexity index is 1000. The van der Waals surface area contributed by atoms with Crippen LogP contribution in [0.15, 0.2) is 66.7 Å². The number of hydrogen-bond donors (Lipinski definition) is 1. The molecule has 2 aromatic rings. The SMILES string of the molecule is O=C(C[NH+]1CC=C(c2ccccc2)CC1)N(Cc1ccccc1)[C@H]1CCS(=O)(=O)C1. The number of carbonyl (C=O) groups is 1. The van der Waals surface area contributed by atoms with E-state index >= 15 is 0 Å². The molecule has 30 heavy (non-hydrogen) atoms. The van der Waals surface area contributed by atoms with Gasteiger partial charge in [0.15, 0.2) is 16.4 Å². The summed E-state index contributed by atoms with van der Waals surface area (Å²) in [5.74, 6) is 0.307. The number of sulfone groups is 1. The molecule has 1 N–H and O–H groups in total. The summed E-state index contributed by atoms with van der Waals surface area (Å²) >= 11 is 0. The van der Waals surface area contributed by atoms with Gasteiger partial charge >= 0.3 is 0 Å². The van der Waals surface area contributed by atoms with Gasteiger partial charge in [-0.1, -0.05) is 60.7 Å². The Morgan fingerprint density at radius 2 is 1.73 bits per heavy atom. The first kappa shape index (κ1) is 20.8. The fourth-order valence-corrected chi connectivity index (χ4v) is 6.13. The third-order valence-corrected chi connectivity index (χ3v) is 7.85. The molecule has 1 fully saturated rings. The van der Waals surface area contributed by atoms with Gasteiger partial charge in [-0.15, -0.1) is 0 Å². The van der Waals surface area contributed by atoms with E-state index in [0.717, 1.165) is 25.1 Å². The zero-order valence-corrected chi connectivity index (χ0v) is 18.0. The Balaban J connectivity index is 1.43. The Kier molecular flexibility index (Phi) is 6.35. The Morgan fingerprint density at radius 1 is 1.03 bits per heavy atom. The van der Waals surface area contributed by atoms with E-state index in [1.165, 1.54) is 16.0 Å². The summed E-state index contributed by atoms with van der Waals surface area (Å²) in [5.41, 5.74) is 3.63. The van der Waals surface area contributed by atoms with E-state index in [2.05, 4.69) is 30.3 Å². The molecule has 1 amide bonds. The molecule has 2 aliphatic rings. The Labute approximate surface area is 178 Å². The van der Waals surface area contributed by atoms with Gasteiger partial charge in [0.2, 0.25) is 0 Å². The molecule has 2 atom stereocenters. The lowest BCUT2D eigenvalue weighted by molar-refractivity contribution is -0.887. The predicted octanol–water partition coefficient (Wildman–Crippen LogP) is 1.57. The van der Waals surface area contributed by atoms with E-state index in [9.17, 15) is 13.2 Å². The van der Waals surface area contributed by atoms with Crippen LogP contribution in [0.5, 0.6) is 0 Å². The second-order valence-corrected chi connectivity index (χ2v) is 10.5. The summed E-state index contributed by atoms with van der Waals surface area (Å²) in [7, 11) is -3.05. The number of nitrogens with one attached hydrogen (secondary N) is 1. The second kappa shape index (κ2) is 9.14. The van der Waals surface area contributed by atoms with Gasteiger partial charge in [-0.25, -0.2) is 8.42 Å². The van der Waals surface area contributed by atoms with Crippen LogP contribution in [0.25, 0.3) is 5.57 Å². The van der Waals surface area contributed by atoms with Crippen LogP contribution in [0.2, 0.25) is 0 Å². The summed E-state index contributed by atoms with van der Waals surface area (Å²) in [6, 6.07) is 20.0. The van der Waals surface area contributed by atoms with Gasteiger partial charge in [0.05, 0.1) is 24.6 Å². The molecule has 2 aliphatic heterocycles. The molecular weight excluding hydrogens is 396 g/mol. The fraction of sp³-hybridized carbons (Fsp3) is 0.375. The molecule has 5 nitrogen and oxygen atoms in total. The molecule has 2 aromatic carbocycles. The van der Waals surface area contributed by atoms with Gasteiger partial charge in [0, 0.05) is 19.0 Å². The third-order valence-electron chi connectivity index (χ3n) is 6.10. The normalized spacial score (nSPS) is 23.0. The molecule has 0 spiro atoms. The maximum absolute atomic E-state index is 13.3. The van der Waals surface area contributed by atoms with E-state index in [1.807, 2.05) is 41.3 Å². The fourth-order valence-electron chi connectivity index (χ4n) is 4.40. The van der Waals surface area contributed by atoms with E-state index in [-0.39, 0.29) is 23.5 Å². The lowest BCUT2D eigenvalue weighted by atomic mass is 9.99. The van der Waals surface area contributed by atoms with Gasteiger partial charge < -0.3 is 9.80 Å². The first-order valence-electron chi connectivity index (χ1n) is 10.6. The van der Waals surface area contributed by atoms with Crippen molar-refractivity contribution in [3.8, 4) is 0 Å². The van der Waals surface area contributed by atoms with Crippen LogP contribution in [-0.4, -0.2) is 56.4 Å². The predicted molar refractivity (Wildman–Crippen MR) is 119 cm³/mol. The summed E-state index contributed by atoms with van der Waals surface area (Å²) in [5, 5.41) is 0. The van der Waals surface area contributed by atoms with Crippen LogP contribution >= 0.6 is 0 Å². The largest absolute Gasteiger partial charge is 0.329 e. The van der Waals surface area contributed by atoms with Gasteiger partial charge in [0.1, 0.15) is 0 Å². The molecule has 0 saturated carbocycles. The van der Waals surface area contributed by atoms with Crippen molar-refractivity contribution >= 4 is 21.3 Å².